The molecule has 0 atom stereocenters. The molecule has 2 aromatic carbocycles. The number of para-hydroxylation sites is 1. The number of aryl methyl sites for hydroxylation is 1. The predicted octanol–water partition coefficient (Wildman–Crippen LogP) is 3.62. The first-order valence-corrected chi connectivity index (χ1v) is 14.9. The summed E-state index contributed by atoms with van der Waals surface area (Å²) in [6.07, 6.45) is 3.76. The van der Waals surface area contributed by atoms with Crippen LogP contribution in [0.4, 0.5) is 4.39 Å². The van der Waals surface area contributed by atoms with Crippen molar-refractivity contribution in [1.82, 2.24) is 24.4 Å². The number of nitrogens with one attached hydrogen (secondary N) is 1. The third kappa shape index (κ3) is 6.66. The van der Waals surface area contributed by atoms with Gasteiger partial charge in [0.05, 0.1) is 16.3 Å². The van der Waals surface area contributed by atoms with Gasteiger partial charge < -0.3 is 5.32 Å². The molecule has 202 valence electrons. The second-order valence-electron chi connectivity index (χ2n) is 8.97. The van der Waals surface area contributed by atoms with Gasteiger partial charge in [-0.05, 0) is 43.5 Å². The van der Waals surface area contributed by atoms with Gasteiger partial charge >= 0.3 is 0 Å². The number of rotatable bonds is 11. The number of halogens is 1. The topological polar surface area (TPSA) is 114 Å². The average molecular weight is 560 g/mol. The second-order valence-corrected chi connectivity index (χ2v) is 11.9. The summed E-state index contributed by atoms with van der Waals surface area (Å²) in [4.78, 5) is 24.2. The van der Waals surface area contributed by atoms with Crippen molar-refractivity contribution in [3.63, 3.8) is 0 Å². The van der Waals surface area contributed by atoms with E-state index in [-0.39, 0.29) is 28.0 Å². The summed E-state index contributed by atoms with van der Waals surface area (Å²) < 4.78 is 43.5. The van der Waals surface area contributed by atoms with E-state index in [1.807, 2.05) is 0 Å². The number of amides is 1. The summed E-state index contributed by atoms with van der Waals surface area (Å²) in [7, 11) is -3.58. The first-order chi connectivity index (χ1) is 18.3. The molecular formula is C26H30FN5O4S2. The maximum Gasteiger partial charge on any atom is 0.243 e. The van der Waals surface area contributed by atoms with Gasteiger partial charge in [-0.3, -0.25) is 14.2 Å². The molecule has 0 spiro atoms. The molecular weight excluding hydrogens is 529 g/mol. The molecule has 9 nitrogen and oxygen atoms in total. The van der Waals surface area contributed by atoms with E-state index in [2.05, 4.69) is 15.5 Å². The van der Waals surface area contributed by atoms with Gasteiger partial charge in [0.25, 0.3) is 0 Å². The second kappa shape index (κ2) is 12.6. The van der Waals surface area contributed by atoms with Gasteiger partial charge in [-0.1, -0.05) is 42.4 Å². The van der Waals surface area contributed by atoms with Crippen LogP contribution in [0.15, 0.2) is 58.6 Å². The van der Waals surface area contributed by atoms with Crippen LogP contribution in [0.3, 0.4) is 0 Å². The highest BCUT2D eigenvalue weighted by atomic mass is 32.2. The highest BCUT2D eigenvalue weighted by Gasteiger charge is 2.26. The number of piperidine rings is 1. The van der Waals surface area contributed by atoms with Crippen molar-refractivity contribution in [2.45, 2.75) is 49.1 Å². The Bertz CT molecular complexity index is 1390. The quantitative estimate of drug-likeness (QED) is 0.217. The predicted molar refractivity (Wildman–Crippen MR) is 142 cm³/mol. The monoisotopic (exact) mass is 559 g/mol. The molecule has 1 aromatic heterocycles. The number of ketones is 1. The minimum Gasteiger partial charge on any atom is -0.356 e. The van der Waals surface area contributed by atoms with Gasteiger partial charge in [0.2, 0.25) is 15.9 Å². The van der Waals surface area contributed by atoms with Gasteiger partial charge in [0.15, 0.2) is 10.9 Å². The molecule has 12 heteroatoms. The Morgan fingerprint density at radius 3 is 2.42 bits per heavy atom. The van der Waals surface area contributed by atoms with E-state index >= 15 is 0 Å². The molecule has 0 radical (unpaired) electrons. The SMILES string of the molecule is CC(=O)NCCCc1nnc(SCC(=O)c2ccc(S(=O)(=O)N3CCCCC3)cc2)n1-c1ccccc1F. The van der Waals surface area contributed by atoms with Crippen LogP contribution in [-0.4, -0.2) is 64.6 Å². The number of Topliss-reactive ketones (excluding diaryl/α,β-unsaturated/α-hetero) is 1. The van der Waals surface area contributed by atoms with E-state index in [9.17, 15) is 22.4 Å². The molecule has 38 heavy (non-hydrogen) atoms. The summed E-state index contributed by atoms with van der Waals surface area (Å²) in [5.74, 6) is -0.270. The first-order valence-electron chi connectivity index (χ1n) is 12.5. The minimum atomic E-state index is -3.58. The molecule has 4 rings (SSSR count). The van der Waals surface area contributed by atoms with Crippen LogP contribution in [-0.2, 0) is 21.2 Å². The molecule has 1 fully saturated rings. The van der Waals surface area contributed by atoms with Gasteiger partial charge in [-0.25, -0.2) is 12.8 Å². The summed E-state index contributed by atoms with van der Waals surface area (Å²) >= 11 is 1.13. The molecule has 0 saturated carbocycles. The molecule has 1 aliphatic heterocycles. The molecule has 1 aliphatic rings. The van der Waals surface area contributed by atoms with Crippen molar-refractivity contribution in [2.24, 2.45) is 0 Å². The van der Waals surface area contributed by atoms with Crippen molar-refractivity contribution in [1.29, 1.82) is 0 Å². The Morgan fingerprint density at radius 1 is 1.03 bits per heavy atom. The van der Waals surface area contributed by atoms with Crippen LogP contribution in [0.5, 0.6) is 0 Å². The van der Waals surface area contributed by atoms with Gasteiger partial charge in [0.1, 0.15) is 11.6 Å². The maximum atomic E-state index is 14.7. The van der Waals surface area contributed by atoms with E-state index in [4.69, 9.17) is 0 Å². The molecule has 3 aromatic rings. The molecule has 0 unspecified atom stereocenters. The number of thioether (sulfide) groups is 1. The fraction of sp³-hybridized carbons (Fsp3) is 0.385. The fourth-order valence-corrected chi connectivity index (χ4v) is 6.60. The van der Waals surface area contributed by atoms with Gasteiger partial charge in [-0.15, -0.1) is 10.2 Å². The lowest BCUT2D eigenvalue weighted by Crippen LogP contribution is -2.35. The van der Waals surface area contributed by atoms with Crippen LogP contribution >= 0.6 is 11.8 Å². The summed E-state index contributed by atoms with van der Waals surface area (Å²) in [6.45, 7) is 2.91. The van der Waals surface area contributed by atoms with Crippen LogP contribution in [0.1, 0.15) is 48.8 Å². The summed E-state index contributed by atoms with van der Waals surface area (Å²) in [5.41, 5.74) is 0.650. The highest BCUT2D eigenvalue weighted by molar-refractivity contribution is 7.99. The largest absolute Gasteiger partial charge is 0.356 e. The van der Waals surface area contributed by atoms with Crippen molar-refractivity contribution in [3.8, 4) is 5.69 Å². The van der Waals surface area contributed by atoms with Crippen molar-refractivity contribution >= 4 is 33.5 Å². The maximum absolute atomic E-state index is 14.7. The molecule has 0 aliphatic carbocycles. The van der Waals surface area contributed by atoms with E-state index in [1.165, 1.54) is 41.6 Å². The lowest BCUT2D eigenvalue weighted by Gasteiger charge is -2.25. The van der Waals surface area contributed by atoms with Gasteiger partial charge in [-0.2, -0.15) is 4.31 Å². The van der Waals surface area contributed by atoms with Crippen molar-refractivity contribution < 1.29 is 22.4 Å². The number of aromatic nitrogens is 3. The average Bonchev–Trinajstić information content (AvgIpc) is 3.32. The smallest absolute Gasteiger partial charge is 0.243 e. The number of nitrogens with zero attached hydrogens (tertiary/aromatic N) is 4. The number of sulfonamides is 1. The highest BCUT2D eigenvalue weighted by Crippen LogP contribution is 2.26. The van der Waals surface area contributed by atoms with Gasteiger partial charge in [0, 0.05) is 38.5 Å². The van der Waals surface area contributed by atoms with Crippen molar-refractivity contribution in [2.75, 3.05) is 25.4 Å². The summed E-state index contributed by atoms with van der Waals surface area (Å²) in [6, 6.07) is 12.2. The summed E-state index contributed by atoms with van der Waals surface area (Å²) in [5, 5.41) is 11.5. The standard InChI is InChI=1S/C26H30FN5O4S2/c1-19(33)28-15-7-10-25-29-30-26(32(25)23-9-4-3-8-22(23)27)37-18-24(34)20-11-13-21(14-12-20)38(35,36)31-16-5-2-6-17-31/h3-4,8-9,11-14H,2,5-7,10,15-18H2,1H3,(H,28,33). The number of carbonyl (C=O) groups is 2. The Hall–Kier alpha value is -3.09. The lowest BCUT2D eigenvalue weighted by molar-refractivity contribution is -0.118. The number of benzene rings is 2. The van der Waals surface area contributed by atoms with E-state index in [0.717, 1.165) is 31.0 Å². The Morgan fingerprint density at radius 2 is 1.74 bits per heavy atom. The zero-order valence-corrected chi connectivity index (χ0v) is 22.7. The minimum absolute atomic E-state index is 0.0106. The molecule has 0 bridgehead atoms. The van der Waals surface area contributed by atoms with E-state index in [0.29, 0.717) is 49.0 Å². The zero-order valence-electron chi connectivity index (χ0n) is 21.1. The molecule has 1 N–H and O–H groups in total. The zero-order chi connectivity index (χ0) is 27.1. The Balaban J connectivity index is 1.47. The normalized spacial score (nSPS) is 14.4. The Labute approximate surface area is 225 Å². The van der Waals surface area contributed by atoms with Crippen LogP contribution < -0.4 is 5.32 Å². The lowest BCUT2D eigenvalue weighted by atomic mass is 10.1. The molecule has 2 heterocycles. The molecule has 1 amide bonds. The fourth-order valence-electron chi connectivity index (χ4n) is 4.22. The third-order valence-electron chi connectivity index (χ3n) is 6.21. The van der Waals surface area contributed by atoms with E-state index in [1.54, 1.807) is 22.8 Å². The van der Waals surface area contributed by atoms with E-state index < -0.39 is 15.8 Å². The van der Waals surface area contributed by atoms with Crippen LogP contribution in [0, 0.1) is 5.82 Å². The third-order valence-corrected chi connectivity index (χ3v) is 9.05. The van der Waals surface area contributed by atoms with Crippen LogP contribution in [0.25, 0.3) is 5.69 Å². The Kier molecular flexibility index (Phi) is 9.29. The first kappa shape index (κ1) is 27.9. The number of hydrogen-bond acceptors (Lipinski definition) is 7. The van der Waals surface area contributed by atoms with Crippen LogP contribution in [0.2, 0.25) is 0 Å². The van der Waals surface area contributed by atoms with Crippen molar-refractivity contribution in [3.05, 3.63) is 65.7 Å². The number of carbonyl (C=O) groups excluding carboxylic acids is 2. The molecule has 1 saturated heterocycles. The number of hydrogen-bond donors (Lipinski definition) is 1.